The van der Waals surface area contributed by atoms with Crippen LogP contribution in [0.1, 0.15) is 25.8 Å². The predicted octanol–water partition coefficient (Wildman–Crippen LogP) is 3.87. The molecule has 1 aliphatic heterocycles. The van der Waals surface area contributed by atoms with E-state index in [1.165, 1.54) is 10.0 Å². The molecule has 0 aromatic heterocycles. The van der Waals surface area contributed by atoms with Crippen LogP contribution in [0.2, 0.25) is 0 Å². The lowest BCUT2D eigenvalue weighted by atomic mass is 10.1. The van der Waals surface area contributed by atoms with Gasteiger partial charge in [0.05, 0.1) is 32.4 Å². The average molecular weight is 374 g/mol. The molecular formula is C20H26N2O5. The topological polar surface area (TPSA) is 68.3 Å². The zero-order valence-electron chi connectivity index (χ0n) is 16.0. The molecule has 2 amide bonds. The molecule has 0 aliphatic carbocycles. The second-order valence-corrected chi connectivity index (χ2v) is 5.83. The van der Waals surface area contributed by atoms with Gasteiger partial charge in [-0.15, -0.1) is 6.58 Å². The third-order valence-corrected chi connectivity index (χ3v) is 4.15. The summed E-state index contributed by atoms with van der Waals surface area (Å²) in [6, 6.07) is 6.81. The fraction of sp³-hybridized carbons (Fsp3) is 0.400. The first-order chi connectivity index (χ1) is 13.0. The highest BCUT2D eigenvalue weighted by Gasteiger charge is 2.44. The molecule has 7 heteroatoms. The highest BCUT2D eigenvalue weighted by molar-refractivity contribution is 5.76. The molecule has 0 spiro atoms. The van der Waals surface area contributed by atoms with Gasteiger partial charge in [-0.25, -0.2) is 19.6 Å². The maximum Gasteiger partial charge on any atom is 0.429 e. The summed E-state index contributed by atoms with van der Waals surface area (Å²) in [6.45, 7) is 7.63. The van der Waals surface area contributed by atoms with Crippen molar-refractivity contribution in [1.82, 2.24) is 10.0 Å². The van der Waals surface area contributed by atoms with Crippen molar-refractivity contribution < 1.29 is 23.8 Å². The lowest BCUT2D eigenvalue weighted by Gasteiger charge is -2.31. The Bertz CT molecular complexity index is 686. The summed E-state index contributed by atoms with van der Waals surface area (Å²) in [5, 5.41) is 2.57. The summed E-state index contributed by atoms with van der Waals surface area (Å²) in [5.74, 6) is 0.765. The number of carbonyl (C=O) groups excluding carboxylic acids is 2. The smallest absolute Gasteiger partial charge is 0.429 e. The van der Waals surface area contributed by atoms with Crippen molar-refractivity contribution in [1.29, 1.82) is 0 Å². The van der Waals surface area contributed by atoms with E-state index in [9.17, 15) is 9.59 Å². The Kier molecular flexibility index (Phi) is 7.28. The second-order valence-electron chi connectivity index (χ2n) is 5.83. The Morgan fingerprint density at radius 1 is 1.07 bits per heavy atom. The average Bonchev–Trinajstić information content (AvgIpc) is 3.06. The summed E-state index contributed by atoms with van der Waals surface area (Å²) >= 11 is 0. The molecule has 0 saturated carbocycles. The summed E-state index contributed by atoms with van der Waals surface area (Å²) in [6.07, 6.45) is 4.70. The van der Waals surface area contributed by atoms with E-state index in [1.807, 2.05) is 36.4 Å². The van der Waals surface area contributed by atoms with Crippen molar-refractivity contribution in [2.45, 2.75) is 32.4 Å². The highest BCUT2D eigenvalue weighted by atomic mass is 16.6. The molecule has 7 nitrogen and oxygen atoms in total. The molecule has 0 bridgehead atoms. The van der Waals surface area contributed by atoms with Gasteiger partial charge in [-0.1, -0.05) is 30.4 Å². The normalized spacial score (nSPS) is 19.2. The first-order valence-corrected chi connectivity index (χ1v) is 8.92. The van der Waals surface area contributed by atoms with Crippen LogP contribution in [0.4, 0.5) is 9.59 Å². The van der Waals surface area contributed by atoms with Gasteiger partial charge in [0.25, 0.3) is 0 Å². The van der Waals surface area contributed by atoms with Crippen LogP contribution in [-0.2, 0) is 9.47 Å². The summed E-state index contributed by atoms with van der Waals surface area (Å²) in [7, 11) is 1.61. The predicted molar refractivity (Wildman–Crippen MR) is 102 cm³/mol. The van der Waals surface area contributed by atoms with E-state index in [4.69, 9.17) is 14.2 Å². The molecule has 1 fully saturated rings. The monoisotopic (exact) mass is 374 g/mol. The Balaban J connectivity index is 2.28. The Labute approximate surface area is 159 Å². The molecular weight excluding hydrogens is 348 g/mol. The lowest BCUT2D eigenvalue weighted by molar-refractivity contribution is -0.00888. The van der Waals surface area contributed by atoms with Gasteiger partial charge in [0, 0.05) is 0 Å². The first kappa shape index (κ1) is 20.4. The zero-order chi connectivity index (χ0) is 19.8. The number of hydrogen-bond donors (Lipinski definition) is 0. The second kappa shape index (κ2) is 9.66. The van der Waals surface area contributed by atoms with E-state index in [0.717, 1.165) is 11.3 Å². The van der Waals surface area contributed by atoms with Crippen LogP contribution >= 0.6 is 0 Å². The molecule has 1 heterocycles. The molecule has 1 saturated heterocycles. The number of methoxy groups -OCH3 is 1. The molecule has 1 aromatic rings. The van der Waals surface area contributed by atoms with Gasteiger partial charge >= 0.3 is 12.2 Å². The summed E-state index contributed by atoms with van der Waals surface area (Å²) in [5.41, 5.74) is 0.948. The highest BCUT2D eigenvalue weighted by Crippen LogP contribution is 2.29. The quantitative estimate of drug-likeness (QED) is 0.707. The van der Waals surface area contributed by atoms with E-state index in [-0.39, 0.29) is 25.3 Å². The number of hydrazine groups is 1. The summed E-state index contributed by atoms with van der Waals surface area (Å²) in [4.78, 5) is 24.9. The van der Waals surface area contributed by atoms with Crippen molar-refractivity contribution in [3.8, 4) is 5.75 Å². The van der Waals surface area contributed by atoms with Crippen LogP contribution in [0.15, 0.2) is 43.0 Å². The lowest BCUT2D eigenvalue weighted by Crippen LogP contribution is -2.50. The number of nitrogens with zero attached hydrogens (tertiary/aromatic N) is 2. The summed E-state index contributed by atoms with van der Waals surface area (Å²) < 4.78 is 15.4. The third kappa shape index (κ3) is 4.81. The molecule has 146 valence electrons. The van der Waals surface area contributed by atoms with Crippen LogP contribution < -0.4 is 4.74 Å². The van der Waals surface area contributed by atoms with Crippen LogP contribution in [0.25, 0.3) is 6.08 Å². The number of carbonyl (C=O) groups is 2. The number of ether oxygens (including phenoxy) is 3. The molecule has 27 heavy (non-hydrogen) atoms. The van der Waals surface area contributed by atoms with E-state index in [2.05, 4.69) is 6.58 Å². The minimum atomic E-state index is -0.601. The van der Waals surface area contributed by atoms with Crippen LogP contribution in [-0.4, -0.2) is 54.6 Å². The van der Waals surface area contributed by atoms with Gasteiger partial charge in [0.15, 0.2) is 0 Å². The first-order valence-electron chi connectivity index (χ1n) is 8.92. The minimum Gasteiger partial charge on any atom is -0.497 e. The van der Waals surface area contributed by atoms with Gasteiger partial charge in [-0.2, -0.15) is 0 Å². The standard InChI is InChI=1S/C20H26N2O5/c1-5-16-14-17(11-8-15-9-12-18(25-4)13-10-15)22(20(24)27-7-3)21(16)19(23)26-6-2/h5,8-13,16-17H,1,6-7,14H2,2-4H3/b11-8+/t16-,17+/m0/s1. The van der Waals surface area contributed by atoms with Crippen molar-refractivity contribution in [2.75, 3.05) is 20.3 Å². The fourth-order valence-corrected chi connectivity index (χ4v) is 2.89. The minimum absolute atomic E-state index is 0.208. The van der Waals surface area contributed by atoms with E-state index < -0.39 is 12.2 Å². The largest absolute Gasteiger partial charge is 0.497 e. The number of hydrogen-bond acceptors (Lipinski definition) is 5. The Hall–Kier alpha value is -2.96. The fourth-order valence-electron chi connectivity index (χ4n) is 2.89. The number of amides is 2. The van der Waals surface area contributed by atoms with Crippen molar-refractivity contribution in [2.24, 2.45) is 0 Å². The van der Waals surface area contributed by atoms with Gasteiger partial charge in [0.1, 0.15) is 5.75 Å². The van der Waals surface area contributed by atoms with Crippen molar-refractivity contribution >= 4 is 18.3 Å². The van der Waals surface area contributed by atoms with E-state index in [0.29, 0.717) is 6.42 Å². The van der Waals surface area contributed by atoms with Gasteiger partial charge < -0.3 is 14.2 Å². The van der Waals surface area contributed by atoms with Gasteiger partial charge in [0.2, 0.25) is 0 Å². The number of rotatable bonds is 6. The molecule has 0 unspecified atom stereocenters. The van der Waals surface area contributed by atoms with Crippen molar-refractivity contribution in [3.05, 3.63) is 48.6 Å². The van der Waals surface area contributed by atoms with Crippen LogP contribution in [0, 0.1) is 0 Å². The van der Waals surface area contributed by atoms with E-state index in [1.54, 1.807) is 27.0 Å². The third-order valence-electron chi connectivity index (χ3n) is 4.15. The zero-order valence-corrected chi connectivity index (χ0v) is 16.0. The van der Waals surface area contributed by atoms with Crippen LogP contribution in [0.5, 0.6) is 5.75 Å². The maximum atomic E-state index is 12.5. The molecule has 0 radical (unpaired) electrons. The van der Waals surface area contributed by atoms with Crippen LogP contribution in [0.3, 0.4) is 0 Å². The molecule has 0 N–H and O–H groups in total. The van der Waals surface area contributed by atoms with E-state index >= 15 is 0 Å². The Morgan fingerprint density at radius 2 is 1.63 bits per heavy atom. The van der Waals surface area contributed by atoms with Crippen molar-refractivity contribution in [3.63, 3.8) is 0 Å². The number of benzene rings is 1. The SMILES string of the molecule is C=C[C@H]1C[C@@H](/C=C/c2ccc(OC)cc2)N(C(=O)OCC)N1C(=O)OCC. The Morgan fingerprint density at radius 3 is 2.11 bits per heavy atom. The molecule has 1 aromatic carbocycles. The van der Waals surface area contributed by atoms with Gasteiger partial charge in [-0.05, 0) is 38.0 Å². The molecule has 2 rings (SSSR count). The molecule has 1 aliphatic rings. The maximum absolute atomic E-state index is 12.5. The molecule has 2 atom stereocenters. The van der Waals surface area contributed by atoms with Gasteiger partial charge in [-0.3, -0.25) is 0 Å².